The minimum atomic E-state index is -3.13. The highest BCUT2D eigenvalue weighted by Crippen LogP contribution is 2.41. The number of aromatic nitrogens is 1. The van der Waals surface area contributed by atoms with E-state index in [2.05, 4.69) is 9.72 Å². The van der Waals surface area contributed by atoms with Gasteiger partial charge < -0.3 is 14.3 Å². The normalized spacial score (nSPS) is 11.3. The maximum Gasteiger partial charge on any atom is 0.387 e. The molecule has 0 amide bonds. The van der Waals surface area contributed by atoms with Crippen LogP contribution in [0.15, 0.2) is 53.1 Å². The first-order chi connectivity index (χ1) is 13.9. The second kappa shape index (κ2) is 6.82. The van der Waals surface area contributed by atoms with Crippen LogP contribution in [0.25, 0.3) is 33.2 Å². The van der Waals surface area contributed by atoms with Crippen LogP contribution in [0.4, 0.5) is 14.5 Å². The topological polar surface area (TPSA) is 116 Å². The average Bonchev–Trinajstić information content (AvgIpc) is 3.08. The van der Waals surface area contributed by atoms with Crippen molar-refractivity contribution in [2.75, 3.05) is 0 Å². The van der Waals surface area contributed by atoms with E-state index in [4.69, 9.17) is 4.42 Å². The Balaban J connectivity index is 2.05. The molecule has 0 spiro atoms. The van der Waals surface area contributed by atoms with E-state index in [1.165, 1.54) is 36.5 Å². The molecule has 0 bridgehead atoms. The minimum Gasteiger partial charge on any atom is -0.478 e. The molecule has 0 aliphatic rings. The zero-order valence-corrected chi connectivity index (χ0v) is 14.3. The molecule has 2 aromatic carbocycles. The van der Waals surface area contributed by atoms with Crippen LogP contribution in [-0.2, 0) is 0 Å². The third-order valence-corrected chi connectivity index (χ3v) is 4.29. The number of alkyl halides is 2. The highest BCUT2D eigenvalue weighted by Gasteiger charge is 2.24. The number of fused-ring (bicyclic) bond motifs is 3. The molecule has 0 fully saturated rings. The fraction of sp³-hybridized carbons (Fsp3) is 0.0526. The number of rotatable bonds is 5. The Labute approximate surface area is 160 Å². The predicted octanol–water partition coefficient (Wildman–Crippen LogP) is 4.86. The van der Waals surface area contributed by atoms with Crippen molar-refractivity contribution >= 4 is 33.6 Å². The molecule has 0 aliphatic heterocycles. The van der Waals surface area contributed by atoms with Gasteiger partial charge in [-0.3, -0.25) is 15.1 Å². The van der Waals surface area contributed by atoms with E-state index < -0.39 is 17.5 Å². The number of benzene rings is 2. The summed E-state index contributed by atoms with van der Waals surface area (Å²) in [5.41, 5.74) is 0.481. The zero-order chi connectivity index (χ0) is 20.7. The van der Waals surface area contributed by atoms with E-state index in [9.17, 15) is 28.8 Å². The highest BCUT2D eigenvalue weighted by molar-refractivity contribution is 6.19. The number of carboxylic acid groups (broad SMARTS) is 1. The van der Waals surface area contributed by atoms with Crippen molar-refractivity contribution in [1.82, 2.24) is 4.98 Å². The number of nitro groups is 1. The molecule has 0 atom stereocenters. The molecule has 0 radical (unpaired) electrons. The number of nitrogens with zero attached hydrogens (tertiary/aromatic N) is 2. The zero-order valence-electron chi connectivity index (χ0n) is 14.3. The van der Waals surface area contributed by atoms with Crippen molar-refractivity contribution in [2.24, 2.45) is 0 Å². The van der Waals surface area contributed by atoms with E-state index in [0.29, 0.717) is 5.56 Å². The molecule has 1 N–H and O–H groups in total. The molecule has 8 nitrogen and oxygen atoms in total. The van der Waals surface area contributed by atoms with Crippen LogP contribution in [0.2, 0.25) is 0 Å². The Bertz CT molecular complexity index is 1270. The summed E-state index contributed by atoms with van der Waals surface area (Å²) in [5.74, 6) is -1.61. The number of carboxylic acids is 1. The number of halogens is 2. The summed E-state index contributed by atoms with van der Waals surface area (Å²) in [6.07, 6.45) is 1.40. The van der Waals surface area contributed by atoms with Crippen molar-refractivity contribution in [2.45, 2.75) is 6.61 Å². The third-order valence-electron chi connectivity index (χ3n) is 4.29. The van der Waals surface area contributed by atoms with Gasteiger partial charge >= 0.3 is 12.6 Å². The molecule has 0 aliphatic carbocycles. The molecule has 2 heterocycles. The van der Waals surface area contributed by atoms with Gasteiger partial charge in [0.05, 0.1) is 21.6 Å². The lowest BCUT2D eigenvalue weighted by atomic mass is 10.0. The summed E-state index contributed by atoms with van der Waals surface area (Å²) in [6, 6.07) is 9.17. The minimum absolute atomic E-state index is 0.0482. The quantitative estimate of drug-likeness (QED) is 0.376. The van der Waals surface area contributed by atoms with Crippen molar-refractivity contribution in [3.8, 4) is 17.0 Å². The van der Waals surface area contributed by atoms with Crippen LogP contribution in [-0.4, -0.2) is 27.6 Å². The smallest absolute Gasteiger partial charge is 0.387 e. The van der Waals surface area contributed by atoms with Gasteiger partial charge in [0.2, 0.25) is 0 Å². The van der Waals surface area contributed by atoms with E-state index in [1.54, 1.807) is 0 Å². The van der Waals surface area contributed by atoms with Gasteiger partial charge in [-0.25, -0.2) is 4.79 Å². The number of nitro benzene ring substituents is 1. The molecular formula is C19H10F2N2O6. The lowest BCUT2D eigenvalue weighted by molar-refractivity contribution is -0.384. The number of hydrogen-bond donors (Lipinski definition) is 1. The number of ether oxygens (including phenoxy) is 1. The van der Waals surface area contributed by atoms with Crippen molar-refractivity contribution in [1.29, 1.82) is 0 Å². The van der Waals surface area contributed by atoms with Gasteiger partial charge in [0.25, 0.3) is 5.69 Å². The predicted molar refractivity (Wildman–Crippen MR) is 97.2 cm³/mol. The Morgan fingerprint density at radius 1 is 1.14 bits per heavy atom. The maximum absolute atomic E-state index is 12.8. The SMILES string of the molecule is O=C(O)c1ccc(OC(F)F)c2oc3ccnc(-c4ccc([N+](=O)[O-])cc4)c3c12. The summed E-state index contributed by atoms with van der Waals surface area (Å²) in [7, 11) is 0. The summed E-state index contributed by atoms with van der Waals surface area (Å²) >= 11 is 0. The molecule has 4 aromatic rings. The van der Waals surface area contributed by atoms with Gasteiger partial charge in [-0.15, -0.1) is 0 Å². The summed E-state index contributed by atoms with van der Waals surface area (Å²) < 4.78 is 35.6. The Morgan fingerprint density at radius 2 is 1.86 bits per heavy atom. The van der Waals surface area contributed by atoms with Crippen LogP contribution in [0, 0.1) is 10.1 Å². The van der Waals surface area contributed by atoms with E-state index in [-0.39, 0.29) is 44.6 Å². The molecule has 0 saturated carbocycles. The molecule has 2 aromatic heterocycles. The number of aromatic carboxylic acids is 1. The molecule has 0 saturated heterocycles. The van der Waals surface area contributed by atoms with Crippen LogP contribution >= 0.6 is 0 Å². The van der Waals surface area contributed by atoms with E-state index in [0.717, 1.165) is 12.1 Å². The van der Waals surface area contributed by atoms with Gasteiger partial charge in [0.15, 0.2) is 11.3 Å². The van der Waals surface area contributed by atoms with E-state index >= 15 is 0 Å². The Morgan fingerprint density at radius 3 is 2.48 bits per heavy atom. The first-order valence-corrected chi connectivity index (χ1v) is 8.14. The summed E-state index contributed by atoms with van der Waals surface area (Å²) in [6.45, 7) is -3.13. The second-order valence-electron chi connectivity index (χ2n) is 5.94. The molecular weight excluding hydrogens is 390 g/mol. The maximum atomic E-state index is 12.8. The van der Waals surface area contributed by atoms with Crippen LogP contribution in [0.1, 0.15) is 10.4 Å². The lowest BCUT2D eigenvalue weighted by Gasteiger charge is -2.07. The van der Waals surface area contributed by atoms with E-state index in [1.807, 2.05) is 0 Å². The molecule has 146 valence electrons. The summed E-state index contributed by atoms with van der Waals surface area (Å²) in [4.78, 5) is 26.3. The molecule has 4 rings (SSSR count). The van der Waals surface area contributed by atoms with Crippen LogP contribution < -0.4 is 4.74 Å². The second-order valence-corrected chi connectivity index (χ2v) is 5.94. The number of non-ortho nitro benzene ring substituents is 1. The fourth-order valence-electron chi connectivity index (χ4n) is 3.12. The number of pyridine rings is 1. The van der Waals surface area contributed by atoms with Crippen LogP contribution in [0.3, 0.4) is 0 Å². The van der Waals surface area contributed by atoms with Gasteiger partial charge in [-0.1, -0.05) is 0 Å². The standard InChI is InChI=1S/C19H10F2N2O6/c20-19(21)29-13-6-5-11(18(24)25)14-15-12(28-17(13)14)7-8-22-16(15)9-1-3-10(4-2-9)23(26)27/h1-8,19H,(H,24,25). The Hall–Kier alpha value is -4.08. The third kappa shape index (κ3) is 3.10. The van der Waals surface area contributed by atoms with Gasteiger partial charge in [-0.2, -0.15) is 8.78 Å². The number of furan rings is 1. The number of carbonyl (C=O) groups is 1. The summed E-state index contributed by atoms with van der Waals surface area (Å²) in [5, 5.41) is 20.8. The molecule has 29 heavy (non-hydrogen) atoms. The fourth-order valence-corrected chi connectivity index (χ4v) is 3.12. The highest BCUT2D eigenvalue weighted by atomic mass is 19.3. The van der Waals surface area contributed by atoms with Crippen molar-refractivity contribution < 1.29 is 32.8 Å². The monoisotopic (exact) mass is 400 g/mol. The molecule has 10 heteroatoms. The largest absolute Gasteiger partial charge is 0.478 e. The van der Waals surface area contributed by atoms with Crippen molar-refractivity contribution in [3.63, 3.8) is 0 Å². The molecule has 0 unspecified atom stereocenters. The number of hydrogen-bond acceptors (Lipinski definition) is 6. The first kappa shape index (κ1) is 18.3. The van der Waals surface area contributed by atoms with Gasteiger partial charge in [0.1, 0.15) is 5.58 Å². The van der Waals surface area contributed by atoms with Crippen molar-refractivity contribution in [3.05, 3.63) is 64.3 Å². The lowest BCUT2D eigenvalue weighted by Crippen LogP contribution is -2.03. The van der Waals surface area contributed by atoms with Crippen LogP contribution in [0.5, 0.6) is 5.75 Å². The average molecular weight is 400 g/mol. The van der Waals surface area contributed by atoms with Gasteiger partial charge in [0, 0.05) is 29.3 Å². The van der Waals surface area contributed by atoms with Gasteiger partial charge in [-0.05, 0) is 30.3 Å². The Kier molecular flexibility index (Phi) is 4.30. The first-order valence-electron chi connectivity index (χ1n) is 8.14.